The first kappa shape index (κ1) is 26.6. The predicted octanol–water partition coefficient (Wildman–Crippen LogP) is 4.83. The Morgan fingerprint density at radius 1 is 1.05 bits per heavy atom. The quantitative estimate of drug-likeness (QED) is 0.445. The van der Waals surface area contributed by atoms with E-state index in [1.54, 1.807) is 36.4 Å². The third kappa shape index (κ3) is 5.92. The van der Waals surface area contributed by atoms with Gasteiger partial charge in [-0.25, -0.2) is 13.1 Å². The lowest BCUT2D eigenvalue weighted by Gasteiger charge is -2.27. The van der Waals surface area contributed by atoms with E-state index in [1.807, 2.05) is 44.2 Å². The van der Waals surface area contributed by atoms with Crippen LogP contribution in [0.15, 0.2) is 88.8 Å². The highest BCUT2D eigenvalue weighted by atomic mass is 35.5. The Balaban J connectivity index is 1.68. The van der Waals surface area contributed by atoms with Gasteiger partial charge in [-0.2, -0.15) is 0 Å². The number of carbonyl (C=O) groups excluding carboxylic acids is 2. The van der Waals surface area contributed by atoms with E-state index < -0.39 is 22.0 Å². The first-order chi connectivity index (χ1) is 17.7. The highest BCUT2D eigenvalue weighted by molar-refractivity contribution is 7.90. The highest BCUT2D eigenvalue weighted by Gasteiger charge is 2.35. The number of amides is 2. The molecule has 0 aromatic heterocycles. The molecular weight excluding hydrogens is 510 g/mol. The summed E-state index contributed by atoms with van der Waals surface area (Å²) in [7, 11) is -4.02. The second-order valence-corrected chi connectivity index (χ2v) is 11.0. The van der Waals surface area contributed by atoms with E-state index in [9.17, 15) is 18.0 Å². The molecule has 1 unspecified atom stereocenters. The number of aliphatic imine (C=N–C) groups is 1. The Morgan fingerprint density at radius 2 is 1.70 bits per heavy atom. The van der Waals surface area contributed by atoms with Crippen LogP contribution in [0.5, 0.6) is 0 Å². The van der Waals surface area contributed by atoms with Crippen LogP contribution in [-0.2, 0) is 19.6 Å². The van der Waals surface area contributed by atoms with Crippen LogP contribution in [0.3, 0.4) is 0 Å². The van der Waals surface area contributed by atoms with Crippen molar-refractivity contribution in [3.05, 3.63) is 95.0 Å². The van der Waals surface area contributed by atoms with Gasteiger partial charge < -0.3 is 4.90 Å². The number of hydrogen-bond acceptors (Lipinski definition) is 5. The molecule has 1 heterocycles. The molecule has 0 radical (unpaired) electrons. The number of rotatable bonds is 8. The first-order valence-electron chi connectivity index (χ1n) is 12.1. The zero-order valence-corrected chi connectivity index (χ0v) is 22.2. The topological polar surface area (TPSA) is 95.9 Å². The van der Waals surface area contributed by atoms with Gasteiger partial charge in [0.15, 0.2) is 0 Å². The number of hydrogen-bond donors (Lipinski definition) is 1. The number of nitrogens with one attached hydrogen (secondary N) is 1. The van der Waals surface area contributed by atoms with Crippen molar-refractivity contribution in [3.63, 3.8) is 0 Å². The van der Waals surface area contributed by atoms with Gasteiger partial charge in [0.05, 0.1) is 16.3 Å². The molecule has 3 aromatic rings. The summed E-state index contributed by atoms with van der Waals surface area (Å²) in [6.45, 7) is 3.94. The van der Waals surface area contributed by atoms with Crippen LogP contribution in [0.4, 0.5) is 5.69 Å². The van der Waals surface area contributed by atoms with E-state index >= 15 is 0 Å². The summed E-state index contributed by atoms with van der Waals surface area (Å²) in [6.07, 6.45) is 0.510. The second kappa shape index (κ2) is 11.3. The molecule has 0 spiro atoms. The molecule has 9 heteroatoms. The minimum Gasteiger partial charge on any atom is -0.309 e. The van der Waals surface area contributed by atoms with Crippen LogP contribution in [0.1, 0.15) is 37.8 Å². The van der Waals surface area contributed by atoms with Gasteiger partial charge in [-0.05, 0) is 36.2 Å². The number of sulfonamides is 1. The van der Waals surface area contributed by atoms with Crippen molar-refractivity contribution in [1.29, 1.82) is 0 Å². The Morgan fingerprint density at radius 3 is 2.35 bits per heavy atom. The van der Waals surface area contributed by atoms with Gasteiger partial charge in [0, 0.05) is 29.1 Å². The van der Waals surface area contributed by atoms with E-state index in [1.165, 1.54) is 17.0 Å². The van der Waals surface area contributed by atoms with E-state index in [0.717, 1.165) is 12.0 Å². The molecule has 3 aromatic carbocycles. The van der Waals surface area contributed by atoms with Crippen molar-refractivity contribution in [2.75, 3.05) is 11.4 Å². The van der Waals surface area contributed by atoms with Gasteiger partial charge in [0.2, 0.25) is 5.91 Å². The van der Waals surface area contributed by atoms with Gasteiger partial charge in [0.25, 0.3) is 15.9 Å². The molecule has 2 amide bonds. The molecule has 2 atom stereocenters. The van der Waals surface area contributed by atoms with Crippen molar-refractivity contribution in [2.24, 2.45) is 10.9 Å². The van der Waals surface area contributed by atoms with Crippen LogP contribution in [0.25, 0.3) is 0 Å². The average molecular weight is 538 g/mol. The van der Waals surface area contributed by atoms with Crippen molar-refractivity contribution < 1.29 is 18.0 Å². The molecule has 1 aliphatic rings. The summed E-state index contributed by atoms with van der Waals surface area (Å²) in [5.41, 5.74) is 2.74. The van der Waals surface area contributed by atoms with Crippen LogP contribution in [0, 0.1) is 5.92 Å². The summed E-state index contributed by atoms with van der Waals surface area (Å²) >= 11 is 6.36. The van der Waals surface area contributed by atoms with Crippen LogP contribution < -0.4 is 9.62 Å². The molecule has 1 aliphatic heterocycles. The van der Waals surface area contributed by atoms with Crippen LogP contribution in [-0.4, -0.2) is 38.5 Å². The van der Waals surface area contributed by atoms with Crippen LogP contribution >= 0.6 is 11.6 Å². The number of fused-ring (bicyclic) bond motifs is 1. The fourth-order valence-corrected chi connectivity index (χ4v) is 5.41. The SMILES string of the molecule is CCC(C)[C@@H]1N=C(c2ccccc2)c2cc(Cl)ccc2N(CCC(=O)NS(=O)(=O)c2ccccc2)C1=O. The molecule has 0 aliphatic carbocycles. The number of halogens is 1. The summed E-state index contributed by atoms with van der Waals surface area (Å²) < 4.78 is 27.3. The highest BCUT2D eigenvalue weighted by Crippen LogP contribution is 2.33. The van der Waals surface area contributed by atoms with Gasteiger partial charge in [-0.15, -0.1) is 0 Å². The predicted molar refractivity (Wildman–Crippen MR) is 146 cm³/mol. The maximum atomic E-state index is 13.8. The summed E-state index contributed by atoms with van der Waals surface area (Å²) in [5, 5.41) is 0.489. The monoisotopic (exact) mass is 537 g/mol. The normalized spacial score (nSPS) is 16.4. The third-order valence-electron chi connectivity index (χ3n) is 6.39. The van der Waals surface area contributed by atoms with Crippen molar-refractivity contribution in [1.82, 2.24) is 4.72 Å². The Hall–Kier alpha value is -3.49. The average Bonchev–Trinajstić information content (AvgIpc) is 3.01. The number of benzene rings is 3. The minimum atomic E-state index is -4.02. The zero-order valence-electron chi connectivity index (χ0n) is 20.6. The van der Waals surface area contributed by atoms with E-state index in [4.69, 9.17) is 16.6 Å². The number of carbonyl (C=O) groups is 2. The maximum Gasteiger partial charge on any atom is 0.264 e. The molecule has 0 bridgehead atoms. The van der Waals surface area contributed by atoms with Gasteiger partial charge >= 0.3 is 0 Å². The summed E-state index contributed by atoms with van der Waals surface area (Å²) in [6, 6.07) is 21.8. The Labute approximate surface area is 222 Å². The fraction of sp³-hybridized carbons (Fsp3) is 0.250. The second-order valence-electron chi connectivity index (χ2n) is 8.92. The number of anilines is 1. The number of benzodiazepines with no additional fused rings is 1. The zero-order chi connectivity index (χ0) is 26.6. The van der Waals surface area contributed by atoms with E-state index in [0.29, 0.717) is 22.0 Å². The molecule has 0 saturated heterocycles. The number of nitrogens with zero attached hydrogens (tertiary/aromatic N) is 2. The largest absolute Gasteiger partial charge is 0.309 e. The van der Waals surface area contributed by atoms with Crippen molar-refractivity contribution >= 4 is 44.8 Å². The van der Waals surface area contributed by atoms with Gasteiger partial charge in [-0.1, -0.05) is 80.4 Å². The van der Waals surface area contributed by atoms with Crippen molar-refractivity contribution in [2.45, 2.75) is 37.6 Å². The third-order valence-corrected chi connectivity index (χ3v) is 8.01. The summed E-state index contributed by atoms with van der Waals surface area (Å²) in [5.74, 6) is -1.02. The van der Waals surface area contributed by atoms with E-state index in [2.05, 4.69) is 4.72 Å². The molecular formula is C28H28ClN3O4S. The smallest absolute Gasteiger partial charge is 0.264 e. The molecule has 37 heavy (non-hydrogen) atoms. The molecule has 7 nitrogen and oxygen atoms in total. The first-order valence-corrected chi connectivity index (χ1v) is 13.9. The minimum absolute atomic E-state index is 0.00748. The molecule has 0 saturated carbocycles. The molecule has 192 valence electrons. The Bertz CT molecular complexity index is 1430. The maximum absolute atomic E-state index is 13.8. The summed E-state index contributed by atoms with van der Waals surface area (Å²) in [4.78, 5) is 33.0. The lowest BCUT2D eigenvalue weighted by atomic mass is 9.98. The lowest BCUT2D eigenvalue weighted by molar-refractivity contribution is -0.121. The fourth-order valence-electron chi connectivity index (χ4n) is 4.20. The van der Waals surface area contributed by atoms with E-state index in [-0.39, 0.29) is 29.7 Å². The molecule has 0 fully saturated rings. The Kier molecular flexibility index (Phi) is 8.10. The molecule has 1 N–H and O–H groups in total. The standard InChI is InChI=1S/C28H28ClN3O4S/c1-3-19(2)26-28(34)32(17-16-25(33)31-37(35,36)22-12-8-5-9-13-22)24-15-14-21(29)18-23(24)27(30-26)20-10-6-4-7-11-20/h4-15,18-19,26H,3,16-17H2,1-2H3,(H,31,33)/t19?,26-/m0/s1. The van der Waals surface area contributed by atoms with Gasteiger partial charge in [-0.3, -0.25) is 14.6 Å². The lowest BCUT2D eigenvalue weighted by Crippen LogP contribution is -2.43. The van der Waals surface area contributed by atoms with Gasteiger partial charge in [0.1, 0.15) is 6.04 Å². The van der Waals surface area contributed by atoms with Crippen LogP contribution in [0.2, 0.25) is 5.02 Å². The molecule has 4 rings (SSSR count). The van der Waals surface area contributed by atoms with Crippen molar-refractivity contribution in [3.8, 4) is 0 Å².